The highest BCUT2D eigenvalue weighted by Gasteiger charge is 2.24. The third kappa shape index (κ3) is 8.33. The number of hydrogen-bond donors (Lipinski definition) is 4. The van der Waals surface area contributed by atoms with Crippen molar-refractivity contribution in [3.8, 4) is 0 Å². The highest BCUT2D eigenvalue weighted by molar-refractivity contribution is 5.97. The number of fused-ring (bicyclic) bond motifs is 1. The van der Waals surface area contributed by atoms with Gasteiger partial charge in [0.25, 0.3) is 5.91 Å². The predicted molar refractivity (Wildman–Crippen MR) is 179 cm³/mol. The van der Waals surface area contributed by atoms with Crippen LogP contribution in [0.4, 0.5) is 5.82 Å². The molecule has 0 saturated carbocycles. The van der Waals surface area contributed by atoms with Crippen LogP contribution in [-0.4, -0.2) is 46.4 Å². The van der Waals surface area contributed by atoms with Crippen molar-refractivity contribution in [2.24, 2.45) is 0 Å². The molecule has 0 aliphatic carbocycles. The van der Waals surface area contributed by atoms with Gasteiger partial charge >= 0.3 is 0 Å². The van der Waals surface area contributed by atoms with E-state index in [4.69, 9.17) is 0 Å². The van der Waals surface area contributed by atoms with Gasteiger partial charge in [-0.15, -0.1) is 0 Å². The van der Waals surface area contributed by atoms with Crippen LogP contribution >= 0.6 is 0 Å². The second-order valence-corrected chi connectivity index (χ2v) is 11.4. The Morgan fingerprint density at radius 2 is 1.69 bits per heavy atom. The summed E-state index contributed by atoms with van der Waals surface area (Å²) in [5, 5.41) is 11.7. The van der Waals surface area contributed by atoms with Gasteiger partial charge in [-0.25, -0.2) is 9.97 Å². The molecule has 0 spiro atoms. The first-order valence-corrected chi connectivity index (χ1v) is 15.4. The molecule has 0 fully saturated rings. The molecule has 0 aliphatic rings. The fraction of sp³-hybridized carbons (Fsp3) is 0.278. The number of hydrogen-bond acceptors (Lipinski definition) is 6. The fourth-order valence-electron chi connectivity index (χ4n) is 5.54. The molecule has 9 heteroatoms. The van der Waals surface area contributed by atoms with E-state index in [1.807, 2.05) is 69.4 Å². The first-order chi connectivity index (χ1) is 21.9. The standard InChI is InChI=1S/C36H41N7O2/c1-25-9-7-19-40-34(25)43(3)22-8-14-32(36(45)41-26(2)30-13-6-11-28-10-4-5-12-31(28)30)42-35(44)29-17-15-27(16-18-29)23-37-24-33-38-20-21-39-33/h4-7,9-13,15-21,26,32,37H,8,14,22-24H2,1-3H3,(H,38,39)(H,41,45)(H,42,44)/t26-,32-/m0/s1. The molecular formula is C36H41N7O2. The predicted octanol–water partition coefficient (Wildman–Crippen LogP) is 5.45. The lowest BCUT2D eigenvalue weighted by molar-refractivity contribution is -0.123. The summed E-state index contributed by atoms with van der Waals surface area (Å²) in [6.45, 7) is 5.97. The molecule has 9 nitrogen and oxygen atoms in total. The lowest BCUT2D eigenvalue weighted by Crippen LogP contribution is -2.47. The highest BCUT2D eigenvalue weighted by atomic mass is 16.2. The van der Waals surface area contributed by atoms with Gasteiger partial charge in [0.1, 0.15) is 17.7 Å². The van der Waals surface area contributed by atoms with Crippen LogP contribution < -0.4 is 20.9 Å². The Hall–Kier alpha value is -5.02. The number of benzene rings is 3. The number of pyridine rings is 1. The van der Waals surface area contributed by atoms with E-state index in [0.717, 1.165) is 39.1 Å². The van der Waals surface area contributed by atoms with Crippen LogP contribution in [0.1, 0.15) is 58.7 Å². The molecule has 2 aromatic heterocycles. The molecular weight excluding hydrogens is 562 g/mol. The molecule has 2 heterocycles. The van der Waals surface area contributed by atoms with E-state index >= 15 is 0 Å². The second kappa shape index (κ2) is 15.1. The number of aromatic nitrogens is 3. The number of carbonyl (C=O) groups excluding carboxylic acids is 2. The Kier molecular flexibility index (Phi) is 10.6. The number of aromatic amines is 1. The number of H-pyrrole nitrogens is 1. The zero-order valence-corrected chi connectivity index (χ0v) is 26.1. The van der Waals surface area contributed by atoms with Gasteiger partial charge in [-0.2, -0.15) is 0 Å². The lowest BCUT2D eigenvalue weighted by Gasteiger charge is -2.24. The number of aryl methyl sites for hydroxylation is 1. The number of rotatable bonds is 14. The lowest BCUT2D eigenvalue weighted by atomic mass is 9.99. The van der Waals surface area contributed by atoms with E-state index in [1.54, 1.807) is 30.7 Å². The van der Waals surface area contributed by atoms with Gasteiger partial charge in [-0.1, -0.05) is 60.7 Å². The van der Waals surface area contributed by atoms with E-state index in [-0.39, 0.29) is 17.9 Å². The number of anilines is 1. The molecule has 2 amide bonds. The Labute approximate surface area is 264 Å². The van der Waals surface area contributed by atoms with Crippen LogP contribution in [0, 0.1) is 6.92 Å². The molecule has 0 bridgehead atoms. The Balaban J connectivity index is 1.25. The van der Waals surface area contributed by atoms with Crippen molar-refractivity contribution >= 4 is 28.4 Å². The Morgan fingerprint density at radius 3 is 2.47 bits per heavy atom. The summed E-state index contributed by atoms with van der Waals surface area (Å²) in [7, 11) is 2.00. The van der Waals surface area contributed by atoms with Gasteiger partial charge in [-0.05, 0) is 72.4 Å². The average Bonchev–Trinajstić information content (AvgIpc) is 3.58. The minimum Gasteiger partial charge on any atom is -0.359 e. The molecule has 0 unspecified atom stereocenters. The van der Waals surface area contributed by atoms with Crippen LogP contribution in [-0.2, 0) is 17.9 Å². The average molecular weight is 604 g/mol. The van der Waals surface area contributed by atoms with E-state index < -0.39 is 6.04 Å². The van der Waals surface area contributed by atoms with Crippen molar-refractivity contribution in [2.45, 2.75) is 51.9 Å². The number of nitrogens with zero attached hydrogens (tertiary/aromatic N) is 3. The van der Waals surface area contributed by atoms with Gasteiger partial charge < -0.3 is 25.8 Å². The number of imidazole rings is 1. The van der Waals surface area contributed by atoms with Crippen LogP contribution in [0.5, 0.6) is 0 Å². The summed E-state index contributed by atoms with van der Waals surface area (Å²) >= 11 is 0. The number of amides is 2. The molecule has 3 aromatic carbocycles. The van der Waals surface area contributed by atoms with Gasteiger partial charge in [-0.3, -0.25) is 9.59 Å². The zero-order chi connectivity index (χ0) is 31.6. The molecule has 0 aliphatic heterocycles. The summed E-state index contributed by atoms with van der Waals surface area (Å²) in [5.74, 6) is 1.29. The summed E-state index contributed by atoms with van der Waals surface area (Å²) in [4.78, 5) is 41.0. The smallest absolute Gasteiger partial charge is 0.251 e. The zero-order valence-electron chi connectivity index (χ0n) is 26.1. The van der Waals surface area contributed by atoms with Crippen molar-refractivity contribution in [3.63, 3.8) is 0 Å². The van der Waals surface area contributed by atoms with Gasteiger partial charge in [0, 0.05) is 44.3 Å². The highest BCUT2D eigenvalue weighted by Crippen LogP contribution is 2.24. The largest absolute Gasteiger partial charge is 0.359 e. The van der Waals surface area contributed by atoms with E-state index in [9.17, 15) is 9.59 Å². The Bertz CT molecular complexity index is 1700. The molecule has 5 rings (SSSR count). The van der Waals surface area contributed by atoms with E-state index in [2.05, 4.69) is 54.0 Å². The summed E-state index contributed by atoms with van der Waals surface area (Å²) in [6.07, 6.45) is 6.47. The topological polar surface area (TPSA) is 115 Å². The van der Waals surface area contributed by atoms with Crippen molar-refractivity contribution in [2.75, 3.05) is 18.5 Å². The van der Waals surface area contributed by atoms with Crippen molar-refractivity contribution in [1.29, 1.82) is 0 Å². The Morgan fingerprint density at radius 1 is 0.889 bits per heavy atom. The van der Waals surface area contributed by atoms with Crippen molar-refractivity contribution in [1.82, 2.24) is 30.9 Å². The van der Waals surface area contributed by atoms with Crippen LogP contribution in [0.15, 0.2) is 97.5 Å². The molecule has 0 saturated heterocycles. The minimum atomic E-state index is -0.706. The second-order valence-electron chi connectivity index (χ2n) is 11.4. The number of carbonyl (C=O) groups is 2. The van der Waals surface area contributed by atoms with Crippen LogP contribution in [0.25, 0.3) is 10.8 Å². The van der Waals surface area contributed by atoms with Crippen LogP contribution in [0.2, 0.25) is 0 Å². The maximum absolute atomic E-state index is 13.7. The van der Waals surface area contributed by atoms with E-state index in [0.29, 0.717) is 38.0 Å². The third-order valence-corrected chi connectivity index (χ3v) is 7.99. The SMILES string of the molecule is Cc1cccnc1N(C)CCC[C@H](NC(=O)c1ccc(CNCc2ncc[nH]2)cc1)C(=O)N[C@@H](C)c1cccc2ccccc12. The normalized spacial score (nSPS) is 12.4. The number of nitrogens with one attached hydrogen (secondary N) is 4. The quantitative estimate of drug-likeness (QED) is 0.134. The molecule has 0 radical (unpaired) electrons. The molecule has 45 heavy (non-hydrogen) atoms. The third-order valence-electron chi connectivity index (χ3n) is 7.99. The first kappa shape index (κ1) is 31.4. The van der Waals surface area contributed by atoms with Gasteiger partial charge in [0.15, 0.2) is 0 Å². The van der Waals surface area contributed by atoms with E-state index in [1.165, 1.54) is 0 Å². The van der Waals surface area contributed by atoms with Crippen molar-refractivity contribution in [3.05, 3.63) is 126 Å². The molecule has 2 atom stereocenters. The summed E-state index contributed by atoms with van der Waals surface area (Å²) in [6, 6.07) is 24.7. The van der Waals surface area contributed by atoms with Gasteiger partial charge in [0.2, 0.25) is 5.91 Å². The minimum absolute atomic E-state index is 0.209. The monoisotopic (exact) mass is 603 g/mol. The molecule has 232 valence electrons. The fourth-order valence-corrected chi connectivity index (χ4v) is 5.54. The maximum Gasteiger partial charge on any atom is 0.251 e. The first-order valence-electron chi connectivity index (χ1n) is 15.4. The molecule has 5 aromatic rings. The molecule has 4 N–H and O–H groups in total. The summed E-state index contributed by atoms with van der Waals surface area (Å²) in [5.41, 5.74) is 3.68. The maximum atomic E-state index is 13.7. The van der Waals surface area contributed by atoms with Crippen molar-refractivity contribution < 1.29 is 9.59 Å². The van der Waals surface area contributed by atoms with Crippen LogP contribution in [0.3, 0.4) is 0 Å². The van der Waals surface area contributed by atoms with Gasteiger partial charge in [0.05, 0.1) is 12.6 Å². The summed E-state index contributed by atoms with van der Waals surface area (Å²) < 4.78 is 0.